The largest absolute Gasteiger partial charge is 0.455 e. The van der Waals surface area contributed by atoms with Gasteiger partial charge in [0.15, 0.2) is 5.75 Å². The van der Waals surface area contributed by atoms with Gasteiger partial charge in [-0.25, -0.2) is 0 Å². The van der Waals surface area contributed by atoms with E-state index < -0.39 is 0 Å². The molecule has 1 saturated heterocycles. The molecule has 1 fully saturated rings. The Bertz CT molecular complexity index is 1060. The number of nitrogens with zero attached hydrogens (tertiary/aromatic N) is 1. The fourth-order valence-electron chi connectivity index (χ4n) is 3.56. The second-order valence-electron chi connectivity index (χ2n) is 7.59. The summed E-state index contributed by atoms with van der Waals surface area (Å²) in [7, 11) is 0. The van der Waals surface area contributed by atoms with Crippen molar-refractivity contribution >= 4 is 40.4 Å². The molecule has 0 spiro atoms. The van der Waals surface area contributed by atoms with Crippen LogP contribution in [0.3, 0.4) is 0 Å². The van der Waals surface area contributed by atoms with E-state index in [2.05, 4.69) is 5.32 Å². The summed E-state index contributed by atoms with van der Waals surface area (Å²) in [5, 5.41) is 5.39. The first-order valence-corrected chi connectivity index (χ1v) is 11.4. The molecule has 1 aromatic heterocycles. The van der Waals surface area contributed by atoms with Gasteiger partial charge in [0.25, 0.3) is 5.91 Å². The van der Waals surface area contributed by atoms with Gasteiger partial charge in [0.2, 0.25) is 5.91 Å². The summed E-state index contributed by atoms with van der Waals surface area (Å²) >= 11 is 7.60. The number of carbonyl (C=O) groups is 2. The molecule has 160 valence electrons. The average Bonchev–Trinajstić information content (AvgIpc) is 3.32. The zero-order valence-corrected chi connectivity index (χ0v) is 18.7. The van der Waals surface area contributed by atoms with Crippen LogP contribution in [0.15, 0.2) is 60.0 Å². The number of hydrogen-bond donors (Lipinski definition) is 1. The molecule has 0 saturated carbocycles. The lowest BCUT2D eigenvalue weighted by Gasteiger charge is -2.31. The normalized spacial score (nSPS) is 14.3. The van der Waals surface area contributed by atoms with E-state index >= 15 is 0 Å². The predicted octanol–water partition coefficient (Wildman–Crippen LogP) is 5.99. The number of benzene rings is 2. The predicted molar refractivity (Wildman–Crippen MR) is 124 cm³/mol. The zero-order chi connectivity index (χ0) is 21.8. The second kappa shape index (κ2) is 9.54. The maximum Gasteiger partial charge on any atom is 0.263 e. The highest BCUT2D eigenvalue weighted by molar-refractivity contribution is 7.12. The molecular formula is C24H23ClN2O3S. The Labute approximate surface area is 190 Å². The lowest BCUT2D eigenvalue weighted by molar-refractivity contribution is -0.121. The number of amides is 2. The highest BCUT2D eigenvalue weighted by Crippen LogP contribution is 2.33. The van der Waals surface area contributed by atoms with E-state index in [9.17, 15) is 9.59 Å². The van der Waals surface area contributed by atoms with Gasteiger partial charge >= 0.3 is 0 Å². The molecule has 4 rings (SSSR count). The lowest BCUT2D eigenvalue weighted by Crippen LogP contribution is -2.41. The molecule has 1 aliphatic heterocycles. The van der Waals surface area contributed by atoms with Crippen LogP contribution in [-0.2, 0) is 4.79 Å². The van der Waals surface area contributed by atoms with Crippen molar-refractivity contribution in [1.29, 1.82) is 0 Å². The van der Waals surface area contributed by atoms with E-state index in [0.717, 1.165) is 10.4 Å². The van der Waals surface area contributed by atoms with Gasteiger partial charge in [-0.1, -0.05) is 35.4 Å². The van der Waals surface area contributed by atoms with Crippen LogP contribution in [0.1, 0.15) is 28.1 Å². The van der Waals surface area contributed by atoms with Crippen molar-refractivity contribution in [3.8, 4) is 11.5 Å². The molecule has 2 amide bonds. The number of halogens is 1. The van der Waals surface area contributed by atoms with Gasteiger partial charge in [-0.2, -0.15) is 0 Å². The van der Waals surface area contributed by atoms with Gasteiger partial charge in [-0.3, -0.25) is 9.59 Å². The van der Waals surface area contributed by atoms with Crippen LogP contribution in [0.25, 0.3) is 0 Å². The van der Waals surface area contributed by atoms with Crippen LogP contribution in [0.2, 0.25) is 5.02 Å². The topological polar surface area (TPSA) is 58.6 Å². The molecule has 1 aliphatic rings. The summed E-state index contributed by atoms with van der Waals surface area (Å²) in [5.41, 5.74) is 1.68. The summed E-state index contributed by atoms with van der Waals surface area (Å²) in [6, 6.07) is 16.6. The van der Waals surface area contributed by atoms with Crippen molar-refractivity contribution in [2.24, 2.45) is 5.92 Å². The monoisotopic (exact) mass is 454 g/mol. The molecular weight excluding hydrogens is 432 g/mol. The SMILES string of the molecule is Cc1ccc(Oc2ccc(Cl)cc2NC(=O)C2CCN(C(=O)c3cccs3)CC2)cc1. The highest BCUT2D eigenvalue weighted by atomic mass is 35.5. The fraction of sp³-hybridized carbons (Fsp3) is 0.250. The number of anilines is 1. The Balaban J connectivity index is 1.40. The third kappa shape index (κ3) is 5.27. The number of carbonyl (C=O) groups excluding carboxylic acids is 2. The second-order valence-corrected chi connectivity index (χ2v) is 8.97. The van der Waals surface area contributed by atoms with E-state index in [1.807, 2.05) is 53.6 Å². The maximum atomic E-state index is 12.9. The van der Waals surface area contributed by atoms with Crippen LogP contribution in [0, 0.1) is 12.8 Å². The number of thiophene rings is 1. The lowest BCUT2D eigenvalue weighted by atomic mass is 9.95. The molecule has 0 unspecified atom stereocenters. The molecule has 0 atom stereocenters. The summed E-state index contributed by atoms with van der Waals surface area (Å²) in [4.78, 5) is 28.0. The summed E-state index contributed by atoms with van der Waals surface area (Å²) in [6.45, 7) is 3.14. The van der Waals surface area contributed by atoms with Gasteiger partial charge < -0.3 is 15.0 Å². The minimum atomic E-state index is -0.168. The van der Waals surface area contributed by atoms with Gasteiger partial charge in [0, 0.05) is 24.0 Å². The van der Waals surface area contributed by atoms with Crippen molar-refractivity contribution in [3.05, 3.63) is 75.4 Å². The molecule has 3 aromatic rings. The number of likely N-dealkylation sites (tertiary alicyclic amines) is 1. The van der Waals surface area contributed by atoms with Gasteiger partial charge in [-0.05, 0) is 61.5 Å². The third-order valence-electron chi connectivity index (χ3n) is 5.33. The summed E-state index contributed by atoms with van der Waals surface area (Å²) in [5.74, 6) is 1.01. The van der Waals surface area contributed by atoms with Crippen molar-refractivity contribution in [2.75, 3.05) is 18.4 Å². The molecule has 0 aliphatic carbocycles. The zero-order valence-electron chi connectivity index (χ0n) is 17.1. The van der Waals surface area contributed by atoms with Crippen LogP contribution in [-0.4, -0.2) is 29.8 Å². The van der Waals surface area contributed by atoms with E-state index in [-0.39, 0.29) is 17.7 Å². The van der Waals surface area contributed by atoms with Gasteiger partial charge in [0.05, 0.1) is 10.6 Å². The van der Waals surface area contributed by atoms with Crippen molar-refractivity contribution in [3.63, 3.8) is 0 Å². The summed E-state index contributed by atoms with van der Waals surface area (Å²) in [6.07, 6.45) is 1.25. The Morgan fingerprint density at radius 1 is 1.10 bits per heavy atom. The van der Waals surface area contributed by atoms with Crippen LogP contribution < -0.4 is 10.1 Å². The van der Waals surface area contributed by atoms with Crippen molar-refractivity contribution in [1.82, 2.24) is 4.90 Å². The molecule has 0 radical (unpaired) electrons. The van der Waals surface area contributed by atoms with Crippen LogP contribution in [0.5, 0.6) is 11.5 Å². The minimum Gasteiger partial charge on any atom is -0.455 e. The Morgan fingerprint density at radius 2 is 1.84 bits per heavy atom. The Morgan fingerprint density at radius 3 is 2.52 bits per heavy atom. The van der Waals surface area contributed by atoms with Crippen LogP contribution in [0.4, 0.5) is 5.69 Å². The number of rotatable bonds is 5. The molecule has 2 heterocycles. The third-order valence-corrected chi connectivity index (χ3v) is 6.43. The van der Waals surface area contributed by atoms with Crippen molar-refractivity contribution in [2.45, 2.75) is 19.8 Å². The maximum absolute atomic E-state index is 12.9. The fourth-order valence-corrected chi connectivity index (χ4v) is 4.42. The number of piperidine rings is 1. The summed E-state index contributed by atoms with van der Waals surface area (Å²) < 4.78 is 5.97. The number of nitrogens with one attached hydrogen (secondary N) is 1. The number of ether oxygens (including phenoxy) is 1. The first kappa shape index (κ1) is 21.4. The van der Waals surface area contributed by atoms with E-state index in [1.165, 1.54) is 11.3 Å². The quantitative estimate of drug-likeness (QED) is 0.514. The molecule has 7 heteroatoms. The van der Waals surface area contributed by atoms with Crippen LogP contribution >= 0.6 is 22.9 Å². The molecule has 0 bridgehead atoms. The Kier molecular flexibility index (Phi) is 6.59. The highest BCUT2D eigenvalue weighted by Gasteiger charge is 2.28. The van der Waals surface area contributed by atoms with E-state index in [1.54, 1.807) is 18.2 Å². The minimum absolute atomic E-state index is 0.0393. The number of hydrogen-bond acceptors (Lipinski definition) is 4. The molecule has 5 nitrogen and oxygen atoms in total. The first-order valence-electron chi connectivity index (χ1n) is 10.2. The molecule has 1 N–H and O–H groups in total. The standard InChI is InChI=1S/C24H23ClN2O3S/c1-16-4-7-19(8-5-16)30-21-9-6-18(25)15-20(21)26-23(28)17-10-12-27(13-11-17)24(29)22-3-2-14-31-22/h2-9,14-15,17H,10-13H2,1H3,(H,26,28). The van der Waals surface area contributed by atoms with Gasteiger partial charge in [0.1, 0.15) is 5.75 Å². The number of aryl methyl sites for hydroxylation is 1. The van der Waals surface area contributed by atoms with Gasteiger partial charge in [-0.15, -0.1) is 11.3 Å². The first-order chi connectivity index (χ1) is 15.0. The molecule has 31 heavy (non-hydrogen) atoms. The Hall–Kier alpha value is -2.83. The smallest absolute Gasteiger partial charge is 0.263 e. The van der Waals surface area contributed by atoms with Crippen molar-refractivity contribution < 1.29 is 14.3 Å². The molecule has 2 aromatic carbocycles. The van der Waals surface area contributed by atoms with E-state index in [4.69, 9.17) is 16.3 Å². The van der Waals surface area contributed by atoms with E-state index in [0.29, 0.717) is 48.1 Å². The average molecular weight is 455 g/mol.